The normalized spacial score (nSPS) is 11.0. The monoisotopic (exact) mass is 241 g/mol. The average Bonchev–Trinajstić information content (AvgIpc) is 2.83. The molecule has 0 saturated carbocycles. The van der Waals surface area contributed by atoms with E-state index in [1.54, 1.807) is 12.1 Å². The summed E-state index contributed by atoms with van der Waals surface area (Å²) in [5.41, 5.74) is 3.60. The third-order valence-electron chi connectivity index (χ3n) is 2.97. The Balaban J connectivity index is 2.16. The van der Waals surface area contributed by atoms with Gasteiger partial charge in [0.05, 0.1) is 0 Å². The number of halogens is 1. The van der Waals surface area contributed by atoms with Crippen LogP contribution < -0.4 is 0 Å². The number of oxazole rings is 1. The fraction of sp³-hybridized carbons (Fsp3) is 0.133. The molecule has 0 aliphatic carbocycles. The predicted octanol–water partition coefficient (Wildman–Crippen LogP) is 4.20. The summed E-state index contributed by atoms with van der Waals surface area (Å²) < 4.78 is 18.6. The lowest BCUT2D eigenvalue weighted by Gasteiger charge is -1.94. The molecule has 0 aliphatic heterocycles. The minimum atomic E-state index is -0.260. The zero-order valence-corrected chi connectivity index (χ0v) is 9.98. The number of para-hydroxylation sites is 1. The summed E-state index contributed by atoms with van der Waals surface area (Å²) in [5.74, 6) is 0.273. The largest absolute Gasteiger partial charge is 0.436 e. The van der Waals surface area contributed by atoms with Gasteiger partial charge in [0.15, 0.2) is 5.58 Å². The molecule has 0 spiro atoms. The highest BCUT2D eigenvalue weighted by molar-refractivity contribution is 5.79. The molecule has 3 rings (SSSR count). The molecule has 0 atom stereocenters. The van der Waals surface area contributed by atoms with Gasteiger partial charge in [-0.2, -0.15) is 0 Å². The van der Waals surface area contributed by atoms with E-state index in [0.717, 1.165) is 28.6 Å². The van der Waals surface area contributed by atoms with E-state index in [1.165, 1.54) is 12.1 Å². The Morgan fingerprint density at radius 2 is 1.89 bits per heavy atom. The molecule has 0 bridgehead atoms. The van der Waals surface area contributed by atoms with Crippen molar-refractivity contribution < 1.29 is 8.81 Å². The van der Waals surface area contributed by atoms with Crippen LogP contribution in [0, 0.1) is 5.82 Å². The SMILES string of the molecule is CCc1cccc2oc(-c3ccc(F)cc3)nc12. The standard InChI is InChI=1S/C15H12FNO/c1-2-10-4-3-5-13-14(10)17-15(18-13)11-6-8-12(16)9-7-11/h3-9H,2H2,1H3. The van der Waals surface area contributed by atoms with Crippen LogP contribution in [0.4, 0.5) is 4.39 Å². The molecule has 90 valence electrons. The van der Waals surface area contributed by atoms with E-state index in [9.17, 15) is 4.39 Å². The zero-order valence-electron chi connectivity index (χ0n) is 9.98. The molecule has 0 aliphatic rings. The molecule has 0 N–H and O–H groups in total. The first kappa shape index (κ1) is 11.0. The topological polar surface area (TPSA) is 26.0 Å². The minimum Gasteiger partial charge on any atom is -0.436 e. The summed E-state index contributed by atoms with van der Waals surface area (Å²) in [6, 6.07) is 12.1. The summed E-state index contributed by atoms with van der Waals surface area (Å²) in [5, 5.41) is 0. The minimum absolute atomic E-state index is 0.260. The number of aryl methyl sites for hydroxylation is 1. The van der Waals surface area contributed by atoms with Crippen molar-refractivity contribution in [3.63, 3.8) is 0 Å². The van der Waals surface area contributed by atoms with Crippen LogP contribution in [0.3, 0.4) is 0 Å². The van der Waals surface area contributed by atoms with Crippen molar-refractivity contribution in [2.75, 3.05) is 0 Å². The summed E-state index contributed by atoms with van der Waals surface area (Å²) >= 11 is 0. The Morgan fingerprint density at radius 1 is 1.11 bits per heavy atom. The molecule has 0 fully saturated rings. The smallest absolute Gasteiger partial charge is 0.227 e. The molecular weight excluding hydrogens is 229 g/mol. The Labute approximate surface area is 104 Å². The molecule has 0 amide bonds. The Bertz CT molecular complexity index is 685. The van der Waals surface area contributed by atoms with E-state index in [2.05, 4.69) is 11.9 Å². The Morgan fingerprint density at radius 3 is 2.61 bits per heavy atom. The molecule has 0 unspecified atom stereocenters. The number of hydrogen-bond acceptors (Lipinski definition) is 2. The van der Waals surface area contributed by atoms with E-state index in [-0.39, 0.29) is 5.82 Å². The number of nitrogens with zero attached hydrogens (tertiary/aromatic N) is 1. The highest BCUT2D eigenvalue weighted by Crippen LogP contribution is 2.26. The first-order chi connectivity index (χ1) is 8.78. The summed E-state index contributed by atoms with van der Waals surface area (Å²) in [6.45, 7) is 2.08. The quantitative estimate of drug-likeness (QED) is 0.672. The van der Waals surface area contributed by atoms with Gasteiger partial charge in [-0.05, 0) is 42.3 Å². The van der Waals surface area contributed by atoms with Crippen molar-refractivity contribution in [2.24, 2.45) is 0 Å². The Kier molecular flexibility index (Phi) is 2.59. The van der Waals surface area contributed by atoms with Gasteiger partial charge in [0.2, 0.25) is 5.89 Å². The molecule has 0 saturated heterocycles. The van der Waals surface area contributed by atoms with Gasteiger partial charge in [-0.25, -0.2) is 9.37 Å². The zero-order chi connectivity index (χ0) is 12.5. The van der Waals surface area contributed by atoms with Gasteiger partial charge < -0.3 is 4.42 Å². The maximum Gasteiger partial charge on any atom is 0.227 e. The summed E-state index contributed by atoms with van der Waals surface area (Å²) in [6.07, 6.45) is 0.909. The van der Waals surface area contributed by atoms with E-state index < -0.39 is 0 Å². The lowest BCUT2D eigenvalue weighted by Crippen LogP contribution is -1.82. The lowest BCUT2D eigenvalue weighted by atomic mass is 10.1. The molecule has 2 aromatic carbocycles. The van der Waals surface area contributed by atoms with Gasteiger partial charge in [-0.1, -0.05) is 19.1 Å². The van der Waals surface area contributed by atoms with Crippen LogP contribution in [0.5, 0.6) is 0 Å². The fourth-order valence-electron chi connectivity index (χ4n) is 2.01. The van der Waals surface area contributed by atoms with Crippen LogP contribution in [0.2, 0.25) is 0 Å². The van der Waals surface area contributed by atoms with Gasteiger partial charge >= 0.3 is 0 Å². The third-order valence-corrected chi connectivity index (χ3v) is 2.97. The summed E-state index contributed by atoms with van der Waals surface area (Å²) in [4.78, 5) is 4.49. The summed E-state index contributed by atoms with van der Waals surface area (Å²) in [7, 11) is 0. The average molecular weight is 241 g/mol. The molecule has 1 aromatic heterocycles. The van der Waals surface area contributed by atoms with Crippen molar-refractivity contribution >= 4 is 11.1 Å². The number of benzene rings is 2. The lowest BCUT2D eigenvalue weighted by molar-refractivity contribution is 0.616. The molecule has 3 aromatic rings. The second-order valence-corrected chi connectivity index (χ2v) is 4.14. The highest BCUT2D eigenvalue weighted by atomic mass is 19.1. The van der Waals surface area contributed by atoms with Crippen LogP contribution >= 0.6 is 0 Å². The maximum atomic E-state index is 12.9. The van der Waals surface area contributed by atoms with Gasteiger partial charge in [0, 0.05) is 5.56 Å². The number of rotatable bonds is 2. The van der Waals surface area contributed by atoms with Crippen LogP contribution in [0.25, 0.3) is 22.6 Å². The van der Waals surface area contributed by atoms with Crippen molar-refractivity contribution in [3.8, 4) is 11.5 Å². The number of fused-ring (bicyclic) bond motifs is 1. The Hall–Kier alpha value is -2.16. The van der Waals surface area contributed by atoms with Crippen molar-refractivity contribution in [2.45, 2.75) is 13.3 Å². The first-order valence-electron chi connectivity index (χ1n) is 5.92. The third kappa shape index (κ3) is 1.78. The van der Waals surface area contributed by atoms with Crippen molar-refractivity contribution in [1.82, 2.24) is 4.98 Å². The first-order valence-corrected chi connectivity index (χ1v) is 5.92. The van der Waals surface area contributed by atoms with Crippen molar-refractivity contribution in [3.05, 3.63) is 53.8 Å². The van der Waals surface area contributed by atoms with Crippen LogP contribution in [-0.2, 0) is 6.42 Å². The predicted molar refractivity (Wildman–Crippen MR) is 68.8 cm³/mol. The fourth-order valence-corrected chi connectivity index (χ4v) is 2.01. The van der Waals surface area contributed by atoms with Gasteiger partial charge in [-0.3, -0.25) is 0 Å². The van der Waals surface area contributed by atoms with E-state index in [0.29, 0.717) is 5.89 Å². The van der Waals surface area contributed by atoms with Gasteiger partial charge in [0.25, 0.3) is 0 Å². The van der Waals surface area contributed by atoms with E-state index in [1.807, 2.05) is 18.2 Å². The highest BCUT2D eigenvalue weighted by Gasteiger charge is 2.10. The molecular formula is C15H12FNO. The second kappa shape index (κ2) is 4.26. The van der Waals surface area contributed by atoms with E-state index in [4.69, 9.17) is 4.42 Å². The number of hydrogen-bond donors (Lipinski definition) is 0. The molecule has 18 heavy (non-hydrogen) atoms. The molecule has 0 radical (unpaired) electrons. The van der Waals surface area contributed by atoms with Crippen LogP contribution in [-0.4, -0.2) is 4.98 Å². The van der Waals surface area contributed by atoms with Crippen molar-refractivity contribution in [1.29, 1.82) is 0 Å². The van der Waals surface area contributed by atoms with E-state index >= 15 is 0 Å². The maximum absolute atomic E-state index is 12.9. The van der Waals surface area contributed by atoms with Gasteiger partial charge in [0.1, 0.15) is 11.3 Å². The molecule has 2 nitrogen and oxygen atoms in total. The van der Waals surface area contributed by atoms with Gasteiger partial charge in [-0.15, -0.1) is 0 Å². The number of aromatic nitrogens is 1. The molecule has 3 heteroatoms. The second-order valence-electron chi connectivity index (χ2n) is 4.14. The molecule has 1 heterocycles. The van der Waals surface area contributed by atoms with Crippen LogP contribution in [0.15, 0.2) is 46.9 Å². The van der Waals surface area contributed by atoms with Crippen LogP contribution in [0.1, 0.15) is 12.5 Å².